The number of nitrogens with zero attached hydrogens (tertiary/aromatic N) is 2. The molecule has 3 N–H and O–H groups in total. The molecule has 0 radical (unpaired) electrons. The van der Waals surface area contributed by atoms with Gasteiger partial charge in [0.2, 0.25) is 5.91 Å². The van der Waals surface area contributed by atoms with Crippen molar-refractivity contribution in [2.45, 2.75) is 13.0 Å². The molecule has 7 heteroatoms. The monoisotopic (exact) mass is 455 g/mol. The third kappa shape index (κ3) is 8.57. The first-order valence-corrected chi connectivity index (χ1v) is 8.14. The van der Waals surface area contributed by atoms with Gasteiger partial charge < -0.3 is 20.5 Å². The molecule has 0 atom stereocenters. The Morgan fingerprint density at radius 1 is 1.00 bits per heavy atom. The van der Waals surface area contributed by atoms with Crippen LogP contribution in [0.4, 0.5) is 0 Å². The molecule has 0 unspecified atom stereocenters. The molecule has 1 aromatic heterocycles. The number of carbonyl (C=O) groups excluding carboxylic acids is 1. The number of hydrogen-bond donors (Lipinski definition) is 3. The first-order valence-electron chi connectivity index (χ1n) is 8.14. The van der Waals surface area contributed by atoms with Crippen molar-refractivity contribution in [2.75, 3.05) is 26.7 Å². The predicted octanol–water partition coefficient (Wildman–Crippen LogP) is 1.63. The highest BCUT2D eigenvalue weighted by Crippen LogP contribution is 1.97. The maximum Gasteiger partial charge on any atom is 0.239 e. The summed E-state index contributed by atoms with van der Waals surface area (Å²) in [6, 6.07) is 14.1. The number of aromatic nitrogens is 1. The van der Waals surface area contributed by atoms with E-state index in [1.54, 1.807) is 7.05 Å². The van der Waals surface area contributed by atoms with E-state index in [1.807, 2.05) is 42.7 Å². The molecule has 136 valence electrons. The van der Waals surface area contributed by atoms with Crippen LogP contribution in [0, 0.1) is 0 Å². The molecule has 0 fully saturated rings. The number of benzene rings is 1. The van der Waals surface area contributed by atoms with Gasteiger partial charge in [-0.05, 0) is 24.1 Å². The summed E-state index contributed by atoms with van der Waals surface area (Å²) in [5, 5.41) is 9.10. The highest BCUT2D eigenvalue weighted by Gasteiger charge is 2.03. The van der Waals surface area contributed by atoms with E-state index >= 15 is 0 Å². The van der Waals surface area contributed by atoms with Gasteiger partial charge in [-0.3, -0.25) is 9.79 Å². The molecule has 0 aliphatic rings. The first kappa shape index (κ1) is 21.0. The number of aliphatic imine (C=N–C) groups is 1. The van der Waals surface area contributed by atoms with Gasteiger partial charge in [-0.25, -0.2) is 0 Å². The molecule has 0 aliphatic heterocycles. The van der Waals surface area contributed by atoms with Crippen molar-refractivity contribution >= 4 is 35.8 Å². The summed E-state index contributed by atoms with van der Waals surface area (Å²) in [7, 11) is 1.69. The molecule has 25 heavy (non-hydrogen) atoms. The van der Waals surface area contributed by atoms with Crippen LogP contribution in [0.1, 0.15) is 5.56 Å². The Labute approximate surface area is 166 Å². The molecule has 2 aromatic rings. The minimum atomic E-state index is -0.0423. The number of amides is 1. The van der Waals surface area contributed by atoms with Gasteiger partial charge in [0.25, 0.3) is 0 Å². The van der Waals surface area contributed by atoms with Gasteiger partial charge in [-0.15, -0.1) is 24.0 Å². The van der Waals surface area contributed by atoms with E-state index in [4.69, 9.17) is 0 Å². The van der Waals surface area contributed by atoms with Crippen molar-refractivity contribution < 1.29 is 4.79 Å². The maximum atomic E-state index is 11.9. The summed E-state index contributed by atoms with van der Waals surface area (Å²) in [5.74, 6) is 0.583. The topological polar surface area (TPSA) is 70.5 Å². The molecule has 0 aliphatic carbocycles. The number of halogens is 1. The third-order valence-corrected chi connectivity index (χ3v) is 3.55. The van der Waals surface area contributed by atoms with Gasteiger partial charge in [-0.1, -0.05) is 30.3 Å². The fourth-order valence-corrected chi connectivity index (χ4v) is 2.26. The van der Waals surface area contributed by atoms with Gasteiger partial charge in [0.05, 0.1) is 6.54 Å². The number of carbonyl (C=O) groups is 1. The Kier molecular flexibility index (Phi) is 10.4. The van der Waals surface area contributed by atoms with Crippen molar-refractivity contribution in [1.29, 1.82) is 0 Å². The van der Waals surface area contributed by atoms with Gasteiger partial charge >= 0.3 is 0 Å². The van der Waals surface area contributed by atoms with Crippen LogP contribution in [-0.2, 0) is 17.8 Å². The van der Waals surface area contributed by atoms with E-state index in [2.05, 4.69) is 37.6 Å². The Morgan fingerprint density at radius 2 is 1.72 bits per heavy atom. The lowest BCUT2D eigenvalue weighted by atomic mass is 10.1. The first-order chi connectivity index (χ1) is 11.8. The molecule has 0 saturated heterocycles. The van der Waals surface area contributed by atoms with Crippen molar-refractivity contribution in [2.24, 2.45) is 4.99 Å². The van der Waals surface area contributed by atoms with Gasteiger partial charge in [0.1, 0.15) is 0 Å². The molecule has 0 saturated carbocycles. The highest BCUT2D eigenvalue weighted by atomic mass is 127. The molecule has 1 heterocycles. The van der Waals surface area contributed by atoms with Crippen LogP contribution < -0.4 is 16.0 Å². The fraction of sp³-hybridized carbons (Fsp3) is 0.333. The van der Waals surface area contributed by atoms with Crippen molar-refractivity contribution in [3.63, 3.8) is 0 Å². The average Bonchev–Trinajstić information content (AvgIpc) is 3.12. The normalized spacial score (nSPS) is 10.7. The van der Waals surface area contributed by atoms with E-state index < -0.39 is 0 Å². The molecular weight excluding hydrogens is 429 g/mol. The van der Waals surface area contributed by atoms with E-state index in [0.717, 1.165) is 19.5 Å². The van der Waals surface area contributed by atoms with E-state index in [-0.39, 0.29) is 36.4 Å². The molecule has 0 spiro atoms. The molecule has 0 bridgehead atoms. The summed E-state index contributed by atoms with van der Waals surface area (Å²) >= 11 is 0. The van der Waals surface area contributed by atoms with Crippen LogP contribution in [0.25, 0.3) is 0 Å². The van der Waals surface area contributed by atoms with Crippen molar-refractivity contribution in [3.8, 4) is 0 Å². The summed E-state index contributed by atoms with van der Waals surface area (Å²) in [6.07, 6.45) is 4.85. The van der Waals surface area contributed by atoms with E-state index in [1.165, 1.54) is 5.56 Å². The summed E-state index contributed by atoms with van der Waals surface area (Å²) in [5.41, 5.74) is 1.22. The Hall–Kier alpha value is -2.03. The highest BCUT2D eigenvalue weighted by molar-refractivity contribution is 14.0. The molecule has 2 rings (SSSR count). The lowest BCUT2D eigenvalue weighted by Crippen LogP contribution is -2.44. The summed E-state index contributed by atoms with van der Waals surface area (Å²) in [4.78, 5) is 16.0. The lowest BCUT2D eigenvalue weighted by Gasteiger charge is -2.12. The van der Waals surface area contributed by atoms with Crippen molar-refractivity contribution in [3.05, 3.63) is 60.4 Å². The second kappa shape index (κ2) is 12.3. The van der Waals surface area contributed by atoms with E-state index in [0.29, 0.717) is 12.5 Å². The molecule has 1 amide bonds. The lowest BCUT2D eigenvalue weighted by molar-refractivity contribution is -0.119. The largest absolute Gasteiger partial charge is 0.355 e. The summed E-state index contributed by atoms with van der Waals surface area (Å²) in [6.45, 7) is 2.42. The van der Waals surface area contributed by atoms with Crippen LogP contribution in [0.15, 0.2) is 59.9 Å². The average molecular weight is 455 g/mol. The number of nitrogens with one attached hydrogen (secondary N) is 3. The standard InChI is InChI=1S/C18H25N5O.HI/c1-19-18(21-11-14-23-12-5-6-13-23)22-15-17(24)20-10-9-16-7-3-2-4-8-16;/h2-8,12-13H,9-11,14-15H2,1H3,(H,20,24)(H2,19,21,22);1H. The van der Waals surface area contributed by atoms with Crippen molar-refractivity contribution in [1.82, 2.24) is 20.5 Å². The minimum Gasteiger partial charge on any atom is -0.355 e. The SMILES string of the molecule is CN=C(NCCn1cccc1)NCC(=O)NCCc1ccccc1.I. The minimum absolute atomic E-state index is 0. The Bertz CT molecular complexity index is 628. The molecule has 6 nitrogen and oxygen atoms in total. The smallest absolute Gasteiger partial charge is 0.239 e. The predicted molar refractivity (Wildman–Crippen MR) is 112 cm³/mol. The zero-order chi connectivity index (χ0) is 17.0. The van der Waals surface area contributed by atoms with Crippen LogP contribution >= 0.6 is 24.0 Å². The second-order valence-corrected chi connectivity index (χ2v) is 5.36. The fourth-order valence-electron chi connectivity index (χ4n) is 2.26. The third-order valence-electron chi connectivity index (χ3n) is 3.55. The quantitative estimate of drug-likeness (QED) is 0.322. The number of rotatable bonds is 8. The van der Waals surface area contributed by atoms with Crippen LogP contribution in [0.2, 0.25) is 0 Å². The van der Waals surface area contributed by atoms with Gasteiger partial charge in [0, 0.05) is 39.1 Å². The zero-order valence-electron chi connectivity index (χ0n) is 14.4. The van der Waals surface area contributed by atoms with E-state index in [9.17, 15) is 4.79 Å². The zero-order valence-corrected chi connectivity index (χ0v) is 16.8. The molecule has 1 aromatic carbocycles. The maximum absolute atomic E-state index is 11.9. The summed E-state index contributed by atoms with van der Waals surface area (Å²) < 4.78 is 2.08. The number of guanidine groups is 1. The van der Waals surface area contributed by atoms with Crippen LogP contribution in [-0.4, -0.2) is 43.1 Å². The van der Waals surface area contributed by atoms with Gasteiger partial charge in [0.15, 0.2) is 5.96 Å². The molecular formula is C18H26IN5O. The van der Waals surface area contributed by atoms with Gasteiger partial charge in [-0.2, -0.15) is 0 Å². The Balaban J connectivity index is 0.00000312. The Morgan fingerprint density at radius 3 is 2.40 bits per heavy atom. The van der Waals surface area contributed by atoms with Crippen LogP contribution in [0.3, 0.4) is 0 Å². The number of hydrogen-bond acceptors (Lipinski definition) is 2. The van der Waals surface area contributed by atoms with Crippen LogP contribution in [0.5, 0.6) is 0 Å². The second-order valence-electron chi connectivity index (χ2n) is 5.36.